The summed E-state index contributed by atoms with van der Waals surface area (Å²) in [5.74, 6) is -0.181. The number of aromatic nitrogens is 2. The molecule has 0 unspecified atom stereocenters. The van der Waals surface area contributed by atoms with Gasteiger partial charge < -0.3 is 0 Å². The minimum absolute atomic E-state index is 0.181. The molecule has 2 heterocycles. The first kappa shape index (κ1) is 16.4. The first-order valence-electron chi connectivity index (χ1n) is 8.30. The number of amides is 1. The lowest BCUT2D eigenvalue weighted by Gasteiger charge is -2.04. The molecule has 4 rings (SSSR count). The van der Waals surface area contributed by atoms with E-state index in [1.165, 1.54) is 16.9 Å². The zero-order chi connectivity index (χ0) is 18.1. The van der Waals surface area contributed by atoms with Gasteiger partial charge in [0.25, 0.3) is 5.91 Å². The van der Waals surface area contributed by atoms with Gasteiger partial charge in [-0.1, -0.05) is 42.0 Å². The van der Waals surface area contributed by atoms with Crippen LogP contribution in [0.3, 0.4) is 0 Å². The molecule has 1 amide bonds. The maximum Gasteiger partial charge on any atom is 0.257 e. The van der Waals surface area contributed by atoms with Gasteiger partial charge in [0.05, 0.1) is 11.2 Å². The van der Waals surface area contributed by atoms with E-state index in [-0.39, 0.29) is 5.91 Å². The second-order valence-corrected chi connectivity index (χ2v) is 7.08. The number of anilines is 1. The van der Waals surface area contributed by atoms with E-state index in [0.29, 0.717) is 10.7 Å². The molecular weight excluding hydrogens is 342 g/mol. The number of carbonyl (C=O) groups excluding carboxylic acids is 1. The summed E-state index contributed by atoms with van der Waals surface area (Å²) in [5, 5.41) is 6.43. The maximum atomic E-state index is 12.6. The number of rotatable bonds is 3. The first-order chi connectivity index (χ1) is 12.6. The van der Waals surface area contributed by atoms with Gasteiger partial charge >= 0.3 is 0 Å². The van der Waals surface area contributed by atoms with Crippen LogP contribution < -0.4 is 5.32 Å². The van der Waals surface area contributed by atoms with E-state index >= 15 is 0 Å². The number of benzene rings is 2. The molecule has 0 atom stereocenters. The van der Waals surface area contributed by atoms with Crippen LogP contribution in [0.25, 0.3) is 22.2 Å². The Morgan fingerprint density at radius 3 is 2.54 bits per heavy atom. The number of nitrogens with one attached hydrogen (secondary N) is 1. The molecule has 0 bridgehead atoms. The standard InChI is InChI=1S/C21H17N3OS/c1-13-3-6-16(7-4-13)19-12-26-21(23-19)24-20(25)17-10-9-15-8-5-14(2)22-18(15)11-17/h3-12H,1-2H3,(H,23,24,25). The van der Waals surface area contributed by atoms with Crippen molar-refractivity contribution in [3.8, 4) is 11.3 Å². The van der Waals surface area contributed by atoms with Crippen molar-refractivity contribution in [2.45, 2.75) is 13.8 Å². The summed E-state index contributed by atoms with van der Waals surface area (Å²) in [7, 11) is 0. The molecule has 0 spiro atoms. The third-order valence-electron chi connectivity index (χ3n) is 4.17. The third-order valence-corrected chi connectivity index (χ3v) is 4.92. The number of hydrogen-bond acceptors (Lipinski definition) is 4. The molecule has 128 valence electrons. The van der Waals surface area contributed by atoms with Gasteiger partial charge in [-0.25, -0.2) is 4.98 Å². The minimum atomic E-state index is -0.181. The highest BCUT2D eigenvalue weighted by molar-refractivity contribution is 7.14. The van der Waals surface area contributed by atoms with Gasteiger partial charge in [0.1, 0.15) is 0 Å². The van der Waals surface area contributed by atoms with Crippen molar-refractivity contribution >= 4 is 33.3 Å². The SMILES string of the molecule is Cc1ccc(-c2csc(NC(=O)c3ccc4ccc(C)nc4c3)n2)cc1. The zero-order valence-electron chi connectivity index (χ0n) is 14.5. The summed E-state index contributed by atoms with van der Waals surface area (Å²) in [6.45, 7) is 3.99. The van der Waals surface area contributed by atoms with Crippen LogP contribution in [0.4, 0.5) is 5.13 Å². The summed E-state index contributed by atoms with van der Waals surface area (Å²) < 4.78 is 0. The molecule has 4 nitrogen and oxygen atoms in total. The summed E-state index contributed by atoms with van der Waals surface area (Å²) in [5.41, 5.74) is 5.43. The molecule has 5 heteroatoms. The van der Waals surface area contributed by atoms with Crippen LogP contribution in [0.2, 0.25) is 0 Å². The molecule has 0 saturated heterocycles. The molecule has 2 aromatic carbocycles. The zero-order valence-corrected chi connectivity index (χ0v) is 15.3. The largest absolute Gasteiger partial charge is 0.298 e. The van der Waals surface area contributed by atoms with Crippen LogP contribution in [-0.2, 0) is 0 Å². The fourth-order valence-electron chi connectivity index (χ4n) is 2.72. The van der Waals surface area contributed by atoms with E-state index in [0.717, 1.165) is 27.9 Å². The molecule has 0 saturated carbocycles. The van der Waals surface area contributed by atoms with E-state index in [1.807, 2.05) is 54.8 Å². The number of pyridine rings is 1. The van der Waals surface area contributed by atoms with Crippen molar-refractivity contribution < 1.29 is 4.79 Å². The smallest absolute Gasteiger partial charge is 0.257 e. The van der Waals surface area contributed by atoms with Crippen LogP contribution in [-0.4, -0.2) is 15.9 Å². The summed E-state index contributed by atoms with van der Waals surface area (Å²) in [6, 6.07) is 17.7. The predicted molar refractivity (Wildman–Crippen MR) is 107 cm³/mol. The van der Waals surface area contributed by atoms with E-state index in [1.54, 1.807) is 0 Å². The predicted octanol–water partition coefficient (Wildman–Crippen LogP) is 5.23. The van der Waals surface area contributed by atoms with Crippen molar-refractivity contribution in [3.05, 3.63) is 76.8 Å². The number of nitrogens with zero attached hydrogens (tertiary/aromatic N) is 2. The van der Waals surface area contributed by atoms with Crippen LogP contribution in [0.15, 0.2) is 60.0 Å². The lowest BCUT2D eigenvalue weighted by atomic mass is 10.1. The van der Waals surface area contributed by atoms with Crippen molar-refractivity contribution in [2.24, 2.45) is 0 Å². The van der Waals surface area contributed by atoms with Crippen molar-refractivity contribution in [1.82, 2.24) is 9.97 Å². The van der Waals surface area contributed by atoms with Gasteiger partial charge in [0.15, 0.2) is 5.13 Å². The van der Waals surface area contributed by atoms with Crippen LogP contribution in [0.5, 0.6) is 0 Å². The highest BCUT2D eigenvalue weighted by atomic mass is 32.1. The van der Waals surface area contributed by atoms with E-state index < -0.39 is 0 Å². The fraction of sp³-hybridized carbons (Fsp3) is 0.0952. The third kappa shape index (κ3) is 3.34. The fourth-order valence-corrected chi connectivity index (χ4v) is 3.43. The van der Waals surface area contributed by atoms with Gasteiger partial charge in [-0.2, -0.15) is 0 Å². The Kier molecular flexibility index (Phi) is 4.22. The average molecular weight is 359 g/mol. The van der Waals surface area contributed by atoms with E-state index in [9.17, 15) is 4.79 Å². The topological polar surface area (TPSA) is 54.9 Å². The Labute approximate surface area is 155 Å². The minimum Gasteiger partial charge on any atom is -0.298 e. The first-order valence-corrected chi connectivity index (χ1v) is 9.18. The van der Waals surface area contributed by atoms with Gasteiger partial charge in [-0.15, -0.1) is 11.3 Å². The van der Waals surface area contributed by atoms with Crippen molar-refractivity contribution in [3.63, 3.8) is 0 Å². The molecule has 4 aromatic rings. The van der Waals surface area contributed by atoms with Crippen LogP contribution in [0, 0.1) is 13.8 Å². The van der Waals surface area contributed by atoms with Crippen LogP contribution in [0.1, 0.15) is 21.6 Å². The number of hydrogen-bond donors (Lipinski definition) is 1. The Morgan fingerprint density at radius 2 is 1.73 bits per heavy atom. The lowest BCUT2D eigenvalue weighted by Crippen LogP contribution is -2.11. The maximum absolute atomic E-state index is 12.6. The molecule has 0 radical (unpaired) electrons. The Hall–Kier alpha value is -3.05. The molecule has 0 aliphatic carbocycles. The number of fused-ring (bicyclic) bond motifs is 1. The molecule has 0 aliphatic heterocycles. The van der Waals surface area contributed by atoms with Gasteiger partial charge in [-0.3, -0.25) is 15.1 Å². The van der Waals surface area contributed by atoms with Gasteiger partial charge in [0, 0.05) is 27.6 Å². The van der Waals surface area contributed by atoms with Crippen molar-refractivity contribution in [2.75, 3.05) is 5.32 Å². The average Bonchev–Trinajstić information content (AvgIpc) is 3.10. The highest BCUT2D eigenvalue weighted by Gasteiger charge is 2.11. The molecule has 0 aliphatic rings. The number of aryl methyl sites for hydroxylation is 2. The summed E-state index contributed by atoms with van der Waals surface area (Å²) in [6.07, 6.45) is 0. The second kappa shape index (κ2) is 6.69. The number of thiazole rings is 1. The molecule has 26 heavy (non-hydrogen) atoms. The Balaban J connectivity index is 1.56. The highest BCUT2D eigenvalue weighted by Crippen LogP contribution is 2.25. The van der Waals surface area contributed by atoms with Crippen LogP contribution >= 0.6 is 11.3 Å². The summed E-state index contributed by atoms with van der Waals surface area (Å²) >= 11 is 1.42. The molecular formula is C21H17N3OS. The van der Waals surface area contributed by atoms with Gasteiger partial charge in [-0.05, 0) is 32.0 Å². The Morgan fingerprint density at radius 1 is 0.962 bits per heavy atom. The summed E-state index contributed by atoms with van der Waals surface area (Å²) in [4.78, 5) is 21.6. The van der Waals surface area contributed by atoms with E-state index in [4.69, 9.17) is 0 Å². The van der Waals surface area contributed by atoms with Gasteiger partial charge in [0.2, 0.25) is 0 Å². The molecule has 2 aromatic heterocycles. The number of carbonyl (C=O) groups is 1. The monoisotopic (exact) mass is 359 g/mol. The van der Waals surface area contributed by atoms with Crippen molar-refractivity contribution in [1.29, 1.82) is 0 Å². The molecule has 0 fully saturated rings. The quantitative estimate of drug-likeness (QED) is 0.545. The lowest BCUT2D eigenvalue weighted by molar-refractivity contribution is 0.102. The van der Waals surface area contributed by atoms with E-state index in [2.05, 4.69) is 34.3 Å². The second-order valence-electron chi connectivity index (χ2n) is 6.22. The molecule has 1 N–H and O–H groups in total. The normalized spacial score (nSPS) is 10.8. The Bertz CT molecular complexity index is 1100.